The molecule has 3 atom stereocenters. The van der Waals surface area contributed by atoms with E-state index in [-0.39, 0.29) is 23.6 Å². The first-order valence-corrected chi connectivity index (χ1v) is 14.1. The van der Waals surface area contributed by atoms with Crippen molar-refractivity contribution in [1.82, 2.24) is 21.3 Å². The standard InChI is InChI=1S/C28H40N4O4S/c1-4-9-22-26(33)30-14-7-11-20-10-5-6-13-24(20)36-16-15-29-23(18-21-12-8-17-37-21)27(34)32-25(19(2)3)28(35)31-22/h5-6,8,10,12-13,17,19,22-23,25,29H,4,7,9,11,14-16,18H2,1-3H3,(H,30,33)(H,31,35)(H,32,34)/t22-,23+,25+/m0/s1. The molecule has 4 N–H and O–H groups in total. The molecule has 0 radical (unpaired) electrons. The number of rotatable bonds is 5. The van der Waals surface area contributed by atoms with Crippen LogP contribution in [-0.4, -0.2) is 55.5 Å². The smallest absolute Gasteiger partial charge is 0.243 e. The second-order valence-electron chi connectivity index (χ2n) is 9.72. The third-order valence-corrected chi connectivity index (χ3v) is 7.30. The predicted octanol–water partition coefficient (Wildman–Crippen LogP) is 2.82. The molecule has 1 aromatic heterocycles. The quantitative estimate of drug-likeness (QED) is 0.477. The molecule has 0 saturated heterocycles. The molecule has 2 heterocycles. The van der Waals surface area contributed by atoms with Gasteiger partial charge in [0, 0.05) is 24.4 Å². The number of thiophene rings is 1. The molecule has 0 fully saturated rings. The average Bonchev–Trinajstić information content (AvgIpc) is 3.39. The Labute approximate surface area is 223 Å². The van der Waals surface area contributed by atoms with E-state index in [1.807, 2.05) is 62.5 Å². The monoisotopic (exact) mass is 528 g/mol. The molecule has 1 aromatic carbocycles. The number of aryl methyl sites for hydroxylation is 1. The summed E-state index contributed by atoms with van der Waals surface area (Å²) in [6.07, 6.45) is 3.29. The van der Waals surface area contributed by atoms with E-state index in [0.717, 1.165) is 35.5 Å². The van der Waals surface area contributed by atoms with Crippen molar-refractivity contribution in [3.63, 3.8) is 0 Å². The van der Waals surface area contributed by atoms with Gasteiger partial charge in [-0.2, -0.15) is 0 Å². The van der Waals surface area contributed by atoms with Crippen LogP contribution in [0.1, 0.15) is 50.5 Å². The lowest BCUT2D eigenvalue weighted by molar-refractivity contribution is -0.133. The van der Waals surface area contributed by atoms with Gasteiger partial charge in [0.15, 0.2) is 0 Å². The van der Waals surface area contributed by atoms with Crippen molar-refractivity contribution in [3.05, 3.63) is 52.2 Å². The molecule has 8 nitrogen and oxygen atoms in total. The van der Waals surface area contributed by atoms with Gasteiger partial charge >= 0.3 is 0 Å². The zero-order valence-corrected chi connectivity index (χ0v) is 22.9. The van der Waals surface area contributed by atoms with E-state index in [2.05, 4.69) is 21.3 Å². The fraction of sp³-hybridized carbons (Fsp3) is 0.536. The topological polar surface area (TPSA) is 109 Å². The van der Waals surface area contributed by atoms with E-state index in [1.54, 1.807) is 11.3 Å². The van der Waals surface area contributed by atoms with Gasteiger partial charge < -0.3 is 26.0 Å². The molecule has 9 heteroatoms. The summed E-state index contributed by atoms with van der Waals surface area (Å²) in [5, 5.41) is 14.1. The number of fused-ring (bicyclic) bond motifs is 1. The van der Waals surface area contributed by atoms with Crippen molar-refractivity contribution < 1.29 is 19.1 Å². The number of carbonyl (C=O) groups excluding carboxylic acids is 3. The summed E-state index contributed by atoms with van der Waals surface area (Å²) in [5.74, 6) is -0.133. The van der Waals surface area contributed by atoms with E-state index in [9.17, 15) is 14.4 Å². The molecule has 2 aromatic rings. The van der Waals surface area contributed by atoms with Crippen molar-refractivity contribution in [2.45, 2.75) is 71.0 Å². The highest BCUT2D eigenvalue weighted by atomic mass is 32.1. The third kappa shape index (κ3) is 8.86. The molecule has 0 spiro atoms. The molecule has 0 unspecified atom stereocenters. The zero-order chi connectivity index (χ0) is 26.6. The first-order chi connectivity index (χ1) is 17.9. The first-order valence-electron chi connectivity index (χ1n) is 13.2. The Morgan fingerprint density at radius 2 is 1.78 bits per heavy atom. The average molecular weight is 529 g/mol. The second-order valence-corrected chi connectivity index (χ2v) is 10.8. The van der Waals surface area contributed by atoms with E-state index in [1.165, 1.54) is 0 Å². The molecule has 0 saturated carbocycles. The number of ether oxygens (including phenoxy) is 1. The van der Waals surface area contributed by atoms with Gasteiger partial charge in [-0.3, -0.25) is 14.4 Å². The Morgan fingerprint density at radius 3 is 2.51 bits per heavy atom. The summed E-state index contributed by atoms with van der Waals surface area (Å²) in [5.41, 5.74) is 1.07. The number of hydrogen-bond donors (Lipinski definition) is 4. The number of amides is 3. The Bertz CT molecular complexity index is 1010. The fourth-order valence-electron chi connectivity index (χ4n) is 4.35. The number of hydrogen-bond acceptors (Lipinski definition) is 6. The normalized spacial score (nSPS) is 22.6. The molecular formula is C28H40N4O4S. The lowest BCUT2D eigenvalue weighted by Gasteiger charge is -2.27. The molecular weight excluding hydrogens is 488 g/mol. The van der Waals surface area contributed by atoms with E-state index < -0.39 is 18.1 Å². The molecule has 37 heavy (non-hydrogen) atoms. The van der Waals surface area contributed by atoms with E-state index in [0.29, 0.717) is 32.5 Å². The summed E-state index contributed by atoms with van der Waals surface area (Å²) in [7, 11) is 0. The van der Waals surface area contributed by atoms with Crippen LogP contribution >= 0.6 is 11.3 Å². The minimum atomic E-state index is -0.755. The molecule has 1 aliphatic heterocycles. The zero-order valence-electron chi connectivity index (χ0n) is 22.0. The van der Waals surface area contributed by atoms with Crippen molar-refractivity contribution in [3.8, 4) is 5.75 Å². The number of carbonyl (C=O) groups is 3. The summed E-state index contributed by atoms with van der Waals surface area (Å²) in [6, 6.07) is 9.92. The minimum Gasteiger partial charge on any atom is -0.492 e. The summed E-state index contributed by atoms with van der Waals surface area (Å²) >= 11 is 1.59. The first kappa shape index (κ1) is 28.7. The lowest BCUT2D eigenvalue weighted by atomic mass is 10.0. The Kier molecular flexibility index (Phi) is 11.4. The molecule has 3 rings (SSSR count). The molecule has 0 bridgehead atoms. The van der Waals surface area contributed by atoms with Gasteiger partial charge in [0.05, 0.1) is 6.04 Å². The van der Waals surface area contributed by atoms with Crippen molar-refractivity contribution in [2.24, 2.45) is 5.92 Å². The lowest BCUT2D eigenvalue weighted by Crippen LogP contribution is -2.58. The highest BCUT2D eigenvalue weighted by Gasteiger charge is 2.30. The van der Waals surface area contributed by atoms with Crippen LogP contribution in [0, 0.1) is 5.92 Å². The Hall–Kier alpha value is -2.91. The summed E-state index contributed by atoms with van der Waals surface area (Å²) in [6.45, 7) is 7.13. The van der Waals surface area contributed by atoms with Gasteiger partial charge in [-0.05, 0) is 48.3 Å². The third-order valence-electron chi connectivity index (χ3n) is 6.40. The van der Waals surface area contributed by atoms with Crippen LogP contribution < -0.4 is 26.0 Å². The highest BCUT2D eigenvalue weighted by Crippen LogP contribution is 2.19. The van der Waals surface area contributed by atoms with Crippen LogP contribution in [-0.2, 0) is 27.2 Å². The van der Waals surface area contributed by atoms with Gasteiger partial charge in [0.25, 0.3) is 0 Å². The number of nitrogens with one attached hydrogen (secondary N) is 4. The largest absolute Gasteiger partial charge is 0.492 e. The summed E-state index contributed by atoms with van der Waals surface area (Å²) in [4.78, 5) is 40.6. The Morgan fingerprint density at radius 1 is 0.973 bits per heavy atom. The van der Waals surface area contributed by atoms with E-state index in [4.69, 9.17) is 4.74 Å². The van der Waals surface area contributed by atoms with Gasteiger partial charge in [-0.1, -0.05) is 51.5 Å². The molecule has 1 aliphatic rings. The molecule has 0 aliphatic carbocycles. The molecule has 3 amide bonds. The maximum atomic E-state index is 13.4. The van der Waals surface area contributed by atoms with Crippen LogP contribution in [0.25, 0.3) is 0 Å². The van der Waals surface area contributed by atoms with Crippen LogP contribution in [0.5, 0.6) is 5.75 Å². The van der Waals surface area contributed by atoms with E-state index >= 15 is 0 Å². The van der Waals surface area contributed by atoms with Crippen LogP contribution in [0.4, 0.5) is 0 Å². The van der Waals surface area contributed by atoms with Gasteiger partial charge in [0.2, 0.25) is 17.7 Å². The minimum absolute atomic E-state index is 0.151. The second kappa shape index (κ2) is 14.7. The Balaban J connectivity index is 1.83. The maximum Gasteiger partial charge on any atom is 0.243 e. The summed E-state index contributed by atoms with van der Waals surface area (Å²) < 4.78 is 6.06. The number of para-hydroxylation sites is 1. The SMILES string of the molecule is CCC[C@@H]1NC(=O)[C@@H](C(C)C)NC(=O)[C@@H](Cc2cccs2)NCCOc2ccccc2CCCNC1=O. The van der Waals surface area contributed by atoms with Crippen molar-refractivity contribution in [1.29, 1.82) is 0 Å². The fourth-order valence-corrected chi connectivity index (χ4v) is 5.11. The van der Waals surface area contributed by atoms with Gasteiger partial charge in [-0.25, -0.2) is 0 Å². The van der Waals surface area contributed by atoms with Crippen LogP contribution in [0.2, 0.25) is 0 Å². The van der Waals surface area contributed by atoms with Crippen molar-refractivity contribution in [2.75, 3.05) is 19.7 Å². The van der Waals surface area contributed by atoms with Crippen LogP contribution in [0.3, 0.4) is 0 Å². The van der Waals surface area contributed by atoms with Crippen molar-refractivity contribution >= 4 is 29.1 Å². The van der Waals surface area contributed by atoms with Gasteiger partial charge in [-0.15, -0.1) is 11.3 Å². The highest BCUT2D eigenvalue weighted by molar-refractivity contribution is 7.09. The molecule has 202 valence electrons. The number of benzene rings is 1. The predicted molar refractivity (Wildman–Crippen MR) is 147 cm³/mol. The van der Waals surface area contributed by atoms with Gasteiger partial charge in [0.1, 0.15) is 24.4 Å². The van der Waals surface area contributed by atoms with Crippen LogP contribution in [0.15, 0.2) is 41.8 Å². The maximum absolute atomic E-state index is 13.4.